The fourth-order valence-electron chi connectivity index (χ4n) is 1.97. The van der Waals surface area contributed by atoms with Crippen LogP contribution in [0.5, 0.6) is 11.5 Å². The van der Waals surface area contributed by atoms with Gasteiger partial charge in [-0.1, -0.05) is 18.2 Å². The molecule has 5 heteroatoms. The Morgan fingerprint density at radius 3 is 2.67 bits per heavy atom. The van der Waals surface area contributed by atoms with Crippen molar-refractivity contribution in [3.63, 3.8) is 0 Å². The monoisotopic (exact) mass is 289 g/mol. The van der Waals surface area contributed by atoms with E-state index in [0.717, 1.165) is 23.6 Å². The third-order valence-corrected chi connectivity index (χ3v) is 3.06. The van der Waals surface area contributed by atoms with Crippen LogP contribution in [0, 0.1) is 0 Å². The summed E-state index contributed by atoms with van der Waals surface area (Å²) in [4.78, 5) is 0. The van der Waals surface area contributed by atoms with Crippen LogP contribution in [0.2, 0.25) is 0 Å². The topological polar surface area (TPSA) is 48.3 Å². The van der Waals surface area contributed by atoms with Gasteiger partial charge < -0.3 is 14.8 Å². The van der Waals surface area contributed by atoms with Crippen LogP contribution in [-0.4, -0.2) is 30.0 Å². The van der Waals surface area contributed by atoms with E-state index in [9.17, 15) is 0 Å². The zero-order chi connectivity index (χ0) is 15.1. The third kappa shape index (κ3) is 4.49. The molecule has 0 aliphatic heterocycles. The van der Waals surface area contributed by atoms with Gasteiger partial charge >= 0.3 is 0 Å². The van der Waals surface area contributed by atoms with Crippen LogP contribution in [0.3, 0.4) is 0 Å². The Hall–Kier alpha value is -2.01. The van der Waals surface area contributed by atoms with Crippen molar-refractivity contribution in [2.24, 2.45) is 0 Å². The fourth-order valence-corrected chi connectivity index (χ4v) is 1.97. The first-order valence-electron chi connectivity index (χ1n) is 7.23. The molecular formula is C16H23N3O2. The first-order chi connectivity index (χ1) is 10.2. The molecular weight excluding hydrogens is 266 g/mol. The molecule has 0 fully saturated rings. The molecule has 1 aromatic heterocycles. The van der Waals surface area contributed by atoms with E-state index < -0.39 is 0 Å². The first-order valence-corrected chi connectivity index (χ1v) is 7.23. The molecule has 0 unspecified atom stereocenters. The number of para-hydroxylation sites is 1. The average molecular weight is 289 g/mol. The standard InChI is InChI=1S/C16H23N3O2/c1-13(2)19-12-15(11-18-19)20-8-9-21-16-7-5-4-6-14(16)10-17-3/h4-7,11-13,17H,8-10H2,1-3H3. The summed E-state index contributed by atoms with van der Waals surface area (Å²) < 4.78 is 13.3. The van der Waals surface area contributed by atoms with Crippen LogP contribution in [-0.2, 0) is 6.54 Å². The van der Waals surface area contributed by atoms with Crippen molar-refractivity contribution in [3.8, 4) is 11.5 Å². The smallest absolute Gasteiger partial charge is 0.157 e. The first kappa shape index (κ1) is 15.4. The summed E-state index contributed by atoms with van der Waals surface area (Å²) in [6, 6.07) is 8.35. The molecule has 0 radical (unpaired) electrons. The van der Waals surface area contributed by atoms with Crippen molar-refractivity contribution in [2.75, 3.05) is 20.3 Å². The van der Waals surface area contributed by atoms with Crippen LogP contribution in [0.1, 0.15) is 25.5 Å². The second-order valence-electron chi connectivity index (χ2n) is 5.08. The molecule has 5 nitrogen and oxygen atoms in total. The summed E-state index contributed by atoms with van der Waals surface area (Å²) in [5.74, 6) is 1.67. The van der Waals surface area contributed by atoms with Gasteiger partial charge in [-0.3, -0.25) is 4.68 Å². The Morgan fingerprint density at radius 1 is 1.19 bits per heavy atom. The minimum absolute atomic E-state index is 0.340. The highest BCUT2D eigenvalue weighted by Gasteiger charge is 2.04. The maximum absolute atomic E-state index is 5.77. The molecule has 0 amide bonds. The Bertz CT molecular complexity index is 552. The van der Waals surface area contributed by atoms with Gasteiger partial charge in [-0.25, -0.2) is 0 Å². The van der Waals surface area contributed by atoms with Crippen LogP contribution < -0.4 is 14.8 Å². The van der Waals surface area contributed by atoms with Gasteiger partial charge in [0.2, 0.25) is 0 Å². The second-order valence-corrected chi connectivity index (χ2v) is 5.08. The van der Waals surface area contributed by atoms with Crippen LogP contribution in [0.15, 0.2) is 36.7 Å². The van der Waals surface area contributed by atoms with Crippen molar-refractivity contribution in [2.45, 2.75) is 26.4 Å². The zero-order valence-electron chi connectivity index (χ0n) is 12.9. The maximum atomic E-state index is 5.77. The predicted octanol–water partition coefficient (Wildman–Crippen LogP) is 2.64. The van der Waals surface area contributed by atoms with Crippen molar-refractivity contribution >= 4 is 0 Å². The number of rotatable bonds is 8. The van der Waals surface area contributed by atoms with E-state index in [4.69, 9.17) is 9.47 Å². The lowest BCUT2D eigenvalue weighted by Crippen LogP contribution is -2.12. The lowest BCUT2D eigenvalue weighted by molar-refractivity contribution is 0.215. The van der Waals surface area contributed by atoms with Crippen LogP contribution in [0.4, 0.5) is 0 Å². The SMILES string of the molecule is CNCc1ccccc1OCCOc1cnn(C(C)C)c1. The van der Waals surface area contributed by atoms with Crippen molar-refractivity contribution < 1.29 is 9.47 Å². The molecule has 2 aromatic rings. The van der Waals surface area contributed by atoms with E-state index >= 15 is 0 Å². The number of hydrogen-bond donors (Lipinski definition) is 1. The van der Waals surface area contributed by atoms with E-state index in [2.05, 4.69) is 30.3 Å². The minimum atomic E-state index is 0.340. The summed E-state index contributed by atoms with van der Waals surface area (Å²) in [6.45, 7) is 5.96. The van der Waals surface area contributed by atoms with Crippen molar-refractivity contribution in [1.29, 1.82) is 0 Å². The summed E-state index contributed by atoms with van der Waals surface area (Å²) in [5.41, 5.74) is 1.15. The highest BCUT2D eigenvalue weighted by molar-refractivity contribution is 5.33. The Labute approximate surface area is 125 Å². The van der Waals surface area contributed by atoms with Gasteiger partial charge in [-0.05, 0) is 27.0 Å². The van der Waals surface area contributed by atoms with Crippen LogP contribution >= 0.6 is 0 Å². The van der Waals surface area contributed by atoms with E-state index in [0.29, 0.717) is 19.3 Å². The summed E-state index contributed by atoms with van der Waals surface area (Å²) in [6.07, 6.45) is 3.63. The highest BCUT2D eigenvalue weighted by Crippen LogP contribution is 2.17. The van der Waals surface area contributed by atoms with Crippen LogP contribution in [0.25, 0.3) is 0 Å². The van der Waals surface area contributed by atoms with Gasteiger partial charge in [0.05, 0.1) is 12.4 Å². The molecule has 0 aliphatic rings. The van der Waals surface area contributed by atoms with E-state index in [1.807, 2.05) is 36.1 Å². The van der Waals surface area contributed by atoms with E-state index in [1.165, 1.54) is 0 Å². The molecule has 0 saturated heterocycles. The number of ether oxygens (including phenoxy) is 2. The lowest BCUT2D eigenvalue weighted by atomic mass is 10.2. The zero-order valence-corrected chi connectivity index (χ0v) is 12.9. The van der Waals surface area contributed by atoms with Gasteiger partial charge in [-0.2, -0.15) is 5.10 Å². The quantitative estimate of drug-likeness (QED) is 0.759. The Balaban J connectivity index is 1.79. The molecule has 1 N–H and O–H groups in total. The Kier molecular flexibility index (Phi) is 5.63. The normalized spacial score (nSPS) is 10.9. The highest BCUT2D eigenvalue weighted by atomic mass is 16.5. The van der Waals surface area contributed by atoms with Crippen molar-refractivity contribution in [1.82, 2.24) is 15.1 Å². The second kappa shape index (κ2) is 7.69. The minimum Gasteiger partial charge on any atom is -0.490 e. The molecule has 21 heavy (non-hydrogen) atoms. The Morgan fingerprint density at radius 2 is 1.95 bits per heavy atom. The third-order valence-electron chi connectivity index (χ3n) is 3.06. The number of nitrogens with one attached hydrogen (secondary N) is 1. The number of benzene rings is 1. The molecule has 1 heterocycles. The van der Waals surface area contributed by atoms with Gasteiger partial charge in [0.25, 0.3) is 0 Å². The predicted molar refractivity (Wildman–Crippen MR) is 82.8 cm³/mol. The fraction of sp³-hybridized carbons (Fsp3) is 0.438. The van der Waals surface area contributed by atoms with Crippen molar-refractivity contribution in [3.05, 3.63) is 42.2 Å². The molecule has 114 valence electrons. The molecule has 0 aliphatic carbocycles. The molecule has 1 aromatic carbocycles. The van der Waals surface area contributed by atoms with Gasteiger partial charge in [-0.15, -0.1) is 0 Å². The van der Waals surface area contributed by atoms with E-state index in [1.54, 1.807) is 6.20 Å². The summed E-state index contributed by atoms with van der Waals surface area (Å²) in [5, 5.41) is 7.37. The molecule has 0 atom stereocenters. The summed E-state index contributed by atoms with van der Waals surface area (Å²) in [7, 11) is 1.92. The van der Waals surface area contributed by atoms with Gasteiger partial charge in [0, 0.05) is 18.2 Å². The lowest BCUT2D eigenvalue weighted by Gasteiger charge is -2.11. The molecule has 0 saturated carbocycles. The molecule has 0 spiro atoms. The summed E-state index contributed by atoms with van der Waals surface area (Å²) >= 11 is 0. The van der Waals surface area contributed by atoms with E-state index in [-0.39, 0.29) is 0 Å². The maximum Gasteiger partial charge on any atom is 0.157 e. The molecule has 2 rings (SSSR count). The van der Waals surface area contributed by atoms with Gasteiger partial charge in [0.1, 0.15) is 19.0 Å². The largest absolute Gasteiger partial charge is 0.490 e. The number of aromatic nitrogens is 2. The number of nitrogens with zero attached hydrogens (tertiary/aromatic N) is 2. The van der Waals surface area contributed by atoms with Gasteiger partial charge in [0.15, 0.2) is 5.75 Å². The molecule has 0 bridgehead atoms. The average Bonchev–Trinajstić information content (AvgIpc) is 2.94. The number of hydrogen-bond acceptors (Lipinski definition) is 4.